The maximum Gasteiger partial charge on any atom is 0.191 e. The molecule has 2 fully saturated rings. The molecular weight excluding hydrogens is 487 g/mol. The average molecular weight is 524 g/mol. The number of thioether (sulfide) groups is 1. The van der Waals surface area contributed by atoms with Crippen LogP contribution in [0.1, 0.15) is 56.1 Å². The highest BCUT2D eigenvalue weighted by molar-refractivity contribution is 7.99. The molecule has 0 bridgehead atoms. The van der Waals surface area contributed by atoms with Gasteiger partial charge in [-0.2, -0.15) is 0 Å². The summed E-state index contributed by atoms with van der Waals surface area (Å²) in [6.07, 6.45) is -5.19. The van der Waals surface area contributed by atoms with Gasteiger partial charge in [-0.3, -0.25) is 0 Å². The number of aliphatic hydroxyl groups excluding tert-OH is 3. The van der Waals surface area contributed by atoms with E-state index in [1.54, 1.807) is 19.1 Å². The first-order chi connectivity index (χ1) is 19.2. The van der Waals surface area contributed by atoms with E-state index in [9.17, 15) is 14.6 Å². The number of ether oxygens (including phenoxy) is 1. The molecular formula is C24H31FN6O4S. The van der Waals surface area contributed by atoms with Gasteiger partial charge in [0.25, 0.3) is 0 Å². The van der Waals surface area contributed by atoms with Gasteiger partial charge in [0.05, 0.1) is 25.4 Å². The summed E-state index contributed by atoms with van der Waals surface area (Å²) < 4.78 is 62.1. The van der Waals surface area contributed by atoms with Crippen LogP contribution in [0.5, 0.6) is 0 Å². The monoisotopic (exact) mass is 523 g/mol. The number of anilines is 1. The lowest BCUT2D eigenvalue weighted by Crippen LogP contribution is -2.33. The number of nitrogens with zero attached hydrogens (tertiary/aromatic N) is 5. The summed E-state index contributed by atoms with van der Waals surface area (Å²) >= 11 is 0.463. The molecule has 0 amide bonds. The van der Waals surface area contributed by atoms with E-state index in [0.29, 0.717) is 29.3 Å². The van der Waals surface area contributed by atoms with Crippen molar-refractivity contribution in [3.63, 3.8) is 0 Å². The molecule has 2 aliphatic carbocycles. The van der Waals surface area contributed by atoms with Crippen molar-refractivity contribution in [1.82, 2.24) is 25.0 Å². The molecule has 194 valence electrons. The number of hydrogen-bond acceptors (Lipinski definition) is 10. The highest BCUT2D eigenvalue weighted by Gasteiger charge is 2.45. The summed E-state index contributed by atoms with van der Waals surface area (Å²) in [6.45, 7) is 2.44. The molecule has 36 heavy (non-hydrogen) atoms. The lowest BCUT2D eigenvalue weighted by Gasteiger charge is -2.17. The number of hydrogen-bond donors (Lipinski definition) is 4. The van der Waals surface area contributed by atoms with E-state index in [1.807, 2.05) is 0 Å². The van der Waals surface area contributed by atoms with Gasteiger partial charge in [0.2, 0.25) is 0 Å². The van der Waals surface area contributed by atoms with Crippen molar-refractivity contribution in [3.05, 3.63) is 35.1 Å². The molecule has 12 heteroatoms. The highest BCUT2D eigenvalue weighted by Crippen LogP contribution is 2.44. The van der Waals surface area contributed by atoms with Crippen LogP contribution in [0, 0.1) is 12.7 Å². The summed E-state index contributed by atoms with van der Waals surface area (Å²) in [7, 11) is 0. The molecule has 0 saturated heterocycles. The first-order valence-corrected chi connectivity index (χ1v) is 12.4. The van der Waals surface area contributed by atoms with Gasteiger partial charge < -0.3 is 25.4 Å². The van der Waals surface area contributed by atoms with E-state index >= 15 is 0 Å². The number of aliphatic hydroxyl groups is 3. The quantitative estimate of drug-likeness (QED) is 0.231. The summed E-state index contributed by atoms with van der Waals surface area (Å²) in [4.78, 5) is 8.80. The van der Waals surface area contributed by atoms with Crippen LogP contribution in [0.4, 0.5) is 10.2 Å². The Morgan fingerprint density at radius 2 is 2.14 bits per heavy atom. The third kappa shape index (κ3) is 4.92. The Morgan fingerprint density at radius 3 is 2.89 bits per heavy atom. The van der Waals surface area contributed by atoms with Gasteiger partial charge in [0.1, 0.15) is 18.0 Å². The Hall–Kier alpha value is -2.38. The molecule has 0 unspecified atom stereocenters. The average Bonchev–Trinajstić information content (AvgIpc) is 3.21. The van der Waals surface area contributed by atoms with Crippen molar-refractivity contribution in [3.8, 4) is 0 Å². The van der Waals surface area contributed by atoms with Gasteiger partial charge in [-0.25, -0.2) is 19.0 Å². The fourth-order valence-electron chi connectivity index (χ4n) is 4.43. The second-order valence-corrected chi connectivity index (χ2v) is 9.60. The molecule has 0 spiro atoms. The molecule has 2 heterocycles. The molecule has 2 saturated carbocycles. The van der Waals surface area contributed by atoms with Crippen molar-refractivity contribution in [2.75, 3.05) is 24.2 Å². The van der Waals surface area contributed by atoms with Crippen LogP contribution in [-0.2, 0) is 4.74 Å². The Kier molecular flexibility index (Phi) is 5.77. The van der Waals surface area contributed by atoms with Crippen molar-refractivity contribution < 1.29 is 31.3 Å². The summed E-state index contributed by atoms with van der Waals surface area (Å²) in [5.41, 5.74) is -1.24. The lowest BCUT2D eigenvalue weighted by molar-refractivity contribution is -0.0629. The van der Waals surface area contributed by atoms with E-state index in [1.165, 1.54) is 10.7 Å². The Morgan fingerprint density at radius 1 is 1.31 bits per heavy atom. The normalized spacial score (nSPS) is 32.5. The molecule has 0 aliphatic heterocycles. The van der Waals surface area contributed by atoms with E-state index in [4.69, 9.17) is 16.7 Å². The number of aromatic nitrogens is 5. The van der Waals surface area contributed by atoms with E-state index in [2.05, 4.69) is 25.6 Å². The SMILES string of the molecule is [2H]C([2H])(C)C([2H])([2H])Sc1nc(N[C@@H]2C[C@@]2([2H])c2ccc(C)c(F)c2)c2nnn([C@@H]3C[C@H](OCCO)[C@@H](O)[C@H]3O)c2n1. The minimum atomic E-state index is -2.43. The number of rotatable bonds is 10. The smallest absolute Gasteiger partial charge is 0.191 e. The fourth-order valence-corrected chi connectivity index (χ4v) is 4.89. The molecule has 1 aromatic carbocycles. The van der Waals surface area contributed by atoms with E-state index in [0.717, 1.165) is 6.92 Å². The Balaban J connectivity index is 1.51. The van der Waals surface area contributed by atoms with Gasteiger partial charge >= 0.3 is 0 Å². The third-order valence-corrected chi connectivity index (χ3v) is 7.09. The van der Waals surface area contributed by atoms with Crippen LogP contribution in [0.2, 0.25) is 0 Å². The molecule has 10 nitrogen and oxygen atoms in total. The summed E-state index contributed by atoms with van der Waals surface area (Å²) in [5, 5.41) is 41.7. The number of fused-ring (bicyclic) bond motifs is 1. The van der Waals surface area contributed by atoms with E-state index < -0.39 is 54.2 Å². The lowest BCUT2D eigenvalue weighted by atomic mass is 10.1. The van der Waals surface area contributed by atoms with Gasteiger partial charge in [0, 0.05) is 30.9 Å². The summed E-state index contributed by atoms with van der Waals surface area (Å²) in [6, 6.07) is 3.30. The zero-order chi connectivity index (χ0) is 29.9. The molecule has 2 aromatic heterocycles. The first-order valence-electron chi connectivity index (χ1n) is 14.1. The van der Waals surface area contributed by atoms with Crippen LogP contribution >= 0.6 is 11.8 Å². The fraction of sp³-hybridized carbons (Fsp3) is 0.583. The van der Waals surface area contributed by atoms with Crippen LogP contribution in [0.25, 0.3) is 11.2 Å². The number of benzene rings is 1. The maximum absolute atomic E-state index is 14.2. The van der Waals surface area contributed by atoms with Gasteiger partial charge in [0.15, 0.2) is 22.1 Å². The van der Waals surface area contributed by atoms with E-state index in [-0.39, 0.29) is 41.8 Å². The predicted octanol–water partition coefficient (Wildman–Crippen LogP) is 2.18. The minimum absolute atomic E-state index is 0.0362. The zero-order valence-corrected chi connectivity index (χ0v) is 20.5. The first kappa shape index (κ1) is 19.7. The van der Waals surface area contributed by atoms with Gasteiger partial charge in [-0.1, -0.05) is 36.0 Å². The van der Waals surface area contributed by atoms with Crippen LogP contribution < -0.4 is 5.32 Å². The molecule has 0 radical (unpaired) electrons. The molecule has 2 aliphatic rings. The van der Waals surface area contributed by atoms with Crippen molar-refractivity contribution >= 4 is 28.7 Å². The second-order valence-electron chi connectivity index (χ2n) is 8.82. The van der Waals surface area contributed by atoms with Crippen LogP contribution in [0.15, 0.2) is 23.4 Å². The number of aryl methyl sites for hydroxylation is 1. The zero-order valence-electron chi connectivity index (χ0n) is 24.7. The molecule has 3 aromatic rings. The Labute approximate surface area is 219 Å². The maximum atomic E-state index is 14.2. The molecule has 4 N–H and O–H groups in total. The Bertz CT molecular complexity index is 1450. The topological polar surface area (TPSA) is 138 Å². The van der Waals surface area contributed by atoms with Crippen molar-refractivity contribution in [2.24, 2.45) is 0 Å². The minimum Gasteiger partial charge on any atom is -0.394 e. The van der Waals surface area contributed by atoms with Gasteiger partial charge in [-0.15, -0.1) is 5.10 Å². The molecule has 5 rings (SSSR count). The van der Waals surface area contributed by atoms with Crippen LogP contribution in [-0.4, -0.2) is 83.6 Å². The van der Waals surface area contributed by atoms with Gasteiger partial charge in [-0.05, 0) is 36.9 Å². The third-order valence-electron chi connectivity index (χ3n) is 6.42. The number of nitrogens with one attached hydrogen (secondary N) is 1. The van der Waals surface area contributed by atoms with Crippen LogP contribution in [0.3, 0.4) is 0 Å². The molecule has 6 atom stereocenters. The van der Waals surface area contributed by atoms with Crippen molar-refractivity contribution in [1.29, 1.82) is 0 Å². The predicted molar refractivity (Wildman–Crippen MR) is 133 cm³/mol. The summed E-state index contributed by atoms with van der Waals surface area (Å²) in [5.74, 6) is -1.46. The number of halogens is 1. The van der Waals surface area contributed by atoms with Crippen molar-refractivity contribution in [2.45, 2.75) is 74.5 Å². The standard InChI is InChI=1S/C24H31FN6O4S/c1-3-8-36-24-27-22(26-16-10-14(16)13-5-4-12(2)15(25)9-13)19-23(28-24)31(30-29-19)17-11-18(35-7-6-32)21(34)20(17)33/h4-5,9,14,16-18,20-21,32-34H,3,6-8,10-11H2,1-2H3,(H,26,27,28)/t14-,16+,17+,18-,20-,21+/m0/s1/i3D2,8D2,14D. The highest BCUT2D eigenvalue weighted by atomic mass is 32.2. The second kappa shape index (κ2) is 10.5. The largest absolute Gasteiger partial charge is 0.394 e.